The molecule has 0 saturated carbocycles. The highest BCUT2D eigenvalue weighted by atomic mass is 16.5. The zero-order chi connectivity index (χ0) is 19.9. The van der Waals surface area contributed by atoms with Gasteiger partial charge in [-0.1, -0.05) is 48.0 Å². The third kappa shape index (κ3) is 4.68. The number of carbonyl (C=O) groups excluding carboxylic acids is 2. The van der Waals surface area contributed by atoms with Gasteiger partial charge in [0, 0.05) is 0 Å². The summed E-state index contributed by atoms with van der Waals surface area (Å²) in [4.78, 5) is 23.5. The van der Waals surface area contributed by atoms with Crippen LogP contribution in [0, 0.1) is 13.8 Å². The van der Waals surface area contributed by atoms with Gasteiger partial charge in [0.25, 0.3) is 5.91 Å². The lowest BCUT2D eigenvalue weighted by molar-refractivity contribution is -0.123. The van der Waals surface area contributed by atoms with Gasteiger partial charge in [-0.05, 0) is 42.3 Å². The number of amides is 1. The van der Waals surface area contributed by atoms with Gasteiger partial charge in [0.05, 0.1) is 12.1 Å². The van der Waals surface area contributed by atoms with Crippen LogP contribution in [0.1, 0.15) is 21.5 Å². The lowest BCUT2D eigenvalue weighted by Gasteiger charge is -2.12. The van der Waals surface area contributed by atoms with Gasteiger partial charge in [0.15, 0.2) is 12.9 Å². The molecule has 0 spiro atoms. The average Bonchev–Trinajstić information content (AvgIpc) is 2.70. The molecule has 0 bridgehead atoms. The summed E-state index contributed by atoms with van der Waals surface area (Å²) in [6.45, 7) is 4.59. The van der Waals surface area contributed by atoms with Crippen molar-refractivity contribution < 1.29 is 19.1 Å². The molecule has 28 heavy (non-hydrogen) atoms. The minimum Gasteiger partial charge on any atom is -0.491 e. The Bertz CT molecular complexity index is 997. The number of nitrogens with one attached hydrogen (secondary N) is 1. The average molecular weight is 377 g/mol. The molecule has 0 aromatic heterocycles. The molecule has 0 aliphatic carbocycles. The van der Waals surface area contributed by atoms with Crippen molar-refractivity contribution in [2.75, 3.05) is 19.8 Å². The maximum Gasteiger partial charge on any atom is 0.258 e. The molecule has 0 atom stereocenters. The molecule has 3 rings (SSSR count). The van der Waals surface area contributed by atoms with E-state index < -0.39 is 0 Å². The van der Waals surface area contributed by atoms with Gasteiger partial charge < -0.3 is 14.8 Å². The molecule has 144 valence electrons. The van der Waals surface area contributed by atoms with E-state index in [-0.39, 0.29) is 12.5 Å². The van der Waals surface area contributed by atoms with Crippen molar-refractivity contribution in [2.45, 2.75) is 13.8 Å². The molecular formula is C23H23NO4. The minimum atomic E-state index is -0.269. The Hall–Kier alpha value is -3.34. The van der Waals surface area contributed by atoms with E-state index in [1.807, 2.05) is 56.3 Å². The van der Waals surface area contributed by atoms with Crippen LogP contribution in [0.3, 0.4) is 0 Å². The van der Waals surface area contributed by atoms with Crippen molar-refractivity contribution in [1.29, 1.82) is 0 Å². The summed E-state index contributed by atoms with van der Waals surface area (Å²) < 4.78 is 11.2. The fourth-order valence-corrected chi connectivity index (χ4v) is 3.03. The van der Waals surface area contributed by atoms with Gasteiger partial charge in [0.2, 0.25) is 0 Å². The molecule has 5 nitrogen and oxygen atoms in total. The second kappa shape index (κ2) is 9.04. The van der Waals surface area contributed by atoms with Crippen LogP contribution < -0.4 is 14.8 Å². The molecule has 0 fully saturated rings. The molecule has 0 aliphatic heterocycles. The standard InChI is InChI=1S/C23H23NO4/c1-16-7-9-21(17(2)13-16)27-12-11-24-23(26)15-28-22-10-8-18-5-3-4-6-19(18)20(22)14-25/h3-10,13-14H,11-12,15H2,1-2H3,(H,24,26). The highest BCUT2D eigenvalue weighted by molar-refractivity contribution is 6.00. The Kier molecular flexibility index (Phi) is 6.27. The molecule has 1 N–H and O–H groups in total. The maximum atomic E-state index is 12.0. The molecule has 0 unspecified atom stereocenters. The summed E-state index contributed by atoms with van der Waals surface area (Å²) in [5.74, 6) is 0.938. The summed E-state index contributed by atoms with van der Waals surface area (Å²) in [7, 11) is 0. The lowest BCUT2D eigenvalue weighted by atomic mass is 10.0. The Morgan fingerprint density at radius 1 is 1.00 bits per heavy atom. The third-order valence-corrected chi connectivity index (χ3v) is 4.42. The normalized spacial score (nSPS) is 10.5. The first-order valence-electron chi connectivity index (χ1n) is 9.15. The Balaban J connectivity index is 1.49. The molecule has 0 saturated heterocycles. The zero-order valence-electron chi connectivity index (χ0n) is 16.0. The highest BCUT2D eigenvalue weighted by Gasteiger charge is 2.10. The molecule has 3 aromatic carbocycles. The Morgan fingerprint density at radius 3 is 2.57 bits per heavy atom. The van der Waals surface area contributed by atoms with E-state index in [2.05, 4.69) is 11.4 Å². The molecule has 0 aliphatic rings. The molecule has 1 amide bonds. The highest BCUT2D eigenvalue weighted by Crippen LogP contribution is 2.26. The maximum absolute atomic E-state index is 12.0. The number of aldehydes is 1. The topological polar surface area (TPSA) is 64.6 Å². The van der Waals surface area contributed by atoms with Gasteiger partial charge in [-0.25, -0.2) is 0 Å². The Morgan fingerprint density at radius 2 is 1.79 bits per heavy atom. The fraction of sp³-hybridized carbons (Fsp3) is 0.217. The van der Waals surface area contributed by atoms with Gasteiger partial charge >= 0.3 is 0 Å². The lowest BCUT2D eigenvalue weighted by Crippen LogP contribution is -2.32. The quantitative estimate of drug-likeness (QED) is 0.478. The van der Waals surface area contributed by atoms with E-state index in [0.717, 1.165) is 28.4 Å². The monoisotopic (exact) mass is 377 g/mol. The number of benzene rings is 3. The molecule has 5 heteroatoms. The van der Waals surface area contributed by atoms with Crippen molar-refractivity contribution in [3.8, 4) is 11.5 Å². The van der Waals surface area contributed by atoms with Crippen LogP contribution in [-0.2, 0) is 4.79 Å². The number of aryl methyl sites for hydroxylation is 2. The third-order valence-electron chi connectivity index (χ3n) is 4.42. The summed E-state index contributed by atoms with van der Waals surface area (Å²) >= 11 is 0. The van der Waals surface area contributed by atoms with Crippen LogP contribution in [0.2, 0.25) is 0 Å². The molecular weight excluding hydrogens is 354 g/mol. The second-order valence-electron chi connectivity index (χ2n) is 6.57. The summed E-state index contributed by atoms with van der Waals surface area (Å²) in [5, 5.41) is 4.50. The van der Waals surface area contributed by atoms with Crippen LogP contribution >= 0.6 is 0 Å². The van der Waals surface area contributed by atoms with E-state index in [1.54, 1.807) is 6.07 Å². The smallest absolute Gasteiger partial charge is 0.258 e. The largest absolute Gasteiger partial charge is 0.491 e. The van der Waals surface area contributed by atoms with Crippen molar-refractivity contribution in [1.82, 2.24) is 5.32 Å². The first kappa shape index (κ1) is 19.4. The fourth-order valence-electron chi connectivity index (χ4n) is 3.03. The number of carbonyl (C=O) groups is 2. The van der Waals surface area contributed by atoms with Crippen LogP contribution in [0.4, 0.5) is 0 Å². The number of rotatable bonds is 8. The van der Waals surface area contributed by atoms with Crippen LogP contribution in [0.25, 0.3) is 10.8 Å². The van der Waals surface area contributed by atoms with E-state index in [4.69, 9.17) is 9.47 Å². The number of hydrogen-bond donors (Lipinski definition) is 1. The van der Waals surface area contributed by atoms with Crippen molar-refractivity contribution in [2.24, 2.45) is 0 Å². The SMILES string of the molecule is Cc1ccc(OCCNC(=O)COc2ccc3ccccc3c2C=O)c(C)c1. The van der Waals surface area contributed by atoms with E-state index in [9.17, 15) is 9.59 Å². The van der Waals surface area contributed by atoms with Crippen molar-refractivity contribution in [3.05, 3.63) is 71.3 Å². The first-order chi connectivity index (χ1) is 13.6. The van der Waals surface area contributed by atoms with Crippen LogP contribution in [0.15, 0.2) is 54.6 Å². The van der Waals surface area contributed by atoms with Gasteiger partial charge in [0.1, 0.15) is 18.1 Å². The van der Waals surface area contributed by atoms with E-state index >= 15 is 0 Å². The minimum absolute atomic E-state index is 0.164. The molecule has 3 aromatic rings. The number of ether oxygens (including phenoxy) is 2. The number of fused-ring (bicyclic) bond motifs is 1. The first-order valence-corrected chi connectivity index (χ1v) is 9.15. The van der Waals surface area contributed by atoms with E-state index in [0.29, 0.717) is 24.5 Å². The summed E-state index contributed by atoms with van der Waals surface area (Å²) in [6, 6.07) is 17.1. The zero-order valence-corrected chi connectivity index (χ0v) is 16.0. The predicted octanol–water partition coefficient (Wildman–Crippen LogP) is 3.84. The second-order valence-corrected chi connectivity index (χ2v) is 6.57. The van der Waals surface area contributed by atoms with Crippen LogP contribution in [0.5, 0.6) is 11.5 Å². The van der Waals surface area contributed by atoms with Gasteiger partial charge in [-0.15, -0.1) is 0 Å². The summed E-state index contributed by atoms with van der Waals surface area (Å²) in [5.41, 5.74) is 2.69. The predicted molar refractivity (Wildman–Crippen MR) is 109 cm³/mol. The molecule has 0 heterocycles. The molecule has 0 radical (unpaired) electrons. The van der Waals surface area contributed by atoms with E-state index in [1.165, 1.54) is 5.56 Å². The van der Waals surface area contributed by atoms with Gasteiger partial charge in [-0.2, -0.15) is 0 Å². The number of hydrogen-bond acceptors (Lipinski definition) is 4. The van der Waals surface area contributed by atoms with Crippen LogP contribution in [-0.4, -0.2) is 32.0 Å². The Labute approximate surface area is 164 Å². The van der Waals surface area contributed by atoms with Crippen molar-refractivity contribution >= 4 is 23.0 Å². The van der Waals surface area contributed by atoms with Crippen molar-refractivity contribution in [3.63, 3.8) is 0 Å². The van der Waals surface area contributed by atoms with Gasteiger partial charge in [-0.3, -0.25) is 9.59 Å². The summed E-state index contributed by atoms with van der Waals surface area (Å²) in [6.07, 6.45) is 0.757.